The van der Waals surface area contributed by atoms with Crippen LogP contribution in [0.15, 0.2) is 18.2 Å². The van der Waals surface area contributed by atoms with Crippen LogP contribution in [0.2, 0.25) is 0 Å². The normalized spacial score (nSPS) is 11.7. The predicted molar refractivity (Wildman–Crippen MR) is 103 cm³/mol. The van der Waals surface area contributed by atoms with Gasteiger partial charge in [0.1, 0.15) is 0 Å². The van der Waals surface area contributed by atoms with Gasteiger partial charge < -0.3 is 15.2 Å². The van der Waals surface area contributed by atoms with Crippen molar-refractivity contribution in [3.8, 4) is 11.5 Å². The number of hydrogen-bond acceptors (Lipinski definition) is 5. The Morgan fingerprint density at radius 1 is 1.12 bits per heavy atom. The zero-order chi connectivity index (χ0) is 18.7. The van der Waals surface area contributed by atoms with Crippen molar-refractivity contribution in [3.05, 3.63) is 18.2 Å². The SMILES string of the molecule is CCCCOc1ccc(NCCCCCNS(=O)(=O)C(C)C)cc1O. The average Bonchev–Trinajstić information content (AvgIpc) is 2.55. The smallest absolute Gasteiger partial charge is 0.213 e. The highest BCUT2D eigenvalue weighted by Gasteiger charge is 2.13. The first-order valence-corrected chi connectivity index (χ1v) is 10.6. The number of benzene rings is 1. The van der Waals surface area contributed by atoms with Gasteiger partial charge in [-0.05, 0) is 45.2 Å². The molecule has 25 heavy (non-hydrogen) atoms. The van der Waals surface area contributed by atoms with Gasteiger partial charge in [0.15, 0.2) is 11.5 Å². The molecule has 0 saturated heterocycles. The van der Waals surface area contributed by atoms with Crippen molar-refractivity contribution in [3.63, 3.8) is 0 Å². The molecular formula is C18H32N2O4S. The van der Waals surface area contributed by atoms with Crippen molar-refractivity contribution in [2.75, 3.05) is 25.0 Å². The maximum absolute atomic E-state index is 11.6. The Hall–Kier alpha value is -1.47. The third kappa shape index (κ3) is 8.45. The largest absolute Gasteiger partial charge is 0.504 e. The van der Waals surface area contributed by atoms with E-state index in [4.69, 9.17) is 4.74 Å². The van der Waals surface area contributed by atoms with E-state index < -0.39 is 15.3 Å². The zero-order valence-electron chi connectivity index (χ0n) is 15.5. The lowest BCUT2D eigenvalue weighted by molar-refractivity contribution is 0.293. The summed E-state index contributed by atoms with van der Waals surface area (Å²) in [5.74, 6) is 0.653. The minimum atomic E-state index is -3.16. The molecule has 3 N–H and O–H groups in total. The van der Waals surface area contributed by atoms with Crippen molar-refractivity contribution in [1.82, 2.24) is 4.72 Å². The molecule has 1 aromatic rings. The average molecular weight is 373 g/mol. The Balaban J connectivity index is 2.21. The molecule has 7 heteroatoms. The van der Waals surface area contributed by atoms with Gasteiger partial charge in [0, 0.05) is 24.8 Å². The number of phenolic OH excluding ortho intramolecular Hbond substituents is 1. The second kappa shape index (κ2) is 11.2. The zero-order valence-corrected chi connectivity index (χ0v) is 16.4. The fourth-order valence-corrected chi connectivity index (χ4v) is 2.88. The quantitative estimate of drug-likeness (QED) is 0.461. The summed E-state index contributed by atoms with van der Waals surface area (Å²) >= 11 is 0. The van der Waals surface area contributed by atoms with Crippen molar-refractivity contribution < 1.29 is 18.3 Å². The standard InChI is InChI=1S/C18H32N2O4S/c1-4-5-13-24-18-10-9-16(14-17(18)21)19-11-7-6-8-12-20-25(22,23)15(2)3/h9-10,14-15,19-21H,4-8,11-13H2,1-3H3. The Kier molecular flexibility index (Phi) is 9.67. The lowest BCUT2D eigenvalue weighted by Crippen LogP contribution is -2.31. The number of aromatic hydroxyl groups is 1. The monoisotopic (exact) mass is 372 g/mol. The van der Waals surface area contributed by atoms with E-state index in [1.165, 1.54) is 0 Å². The number of unbranched alkanes of at least 4 members (excludes halogenated alkanes) is 3. The summed E-state index contributed by atoms with van der Waals surface area (Å²) in [7, 11) is -3.16. The summed E-state index contributed by atoms with van der Waals surface area (Å²) in [6, 6.07) is 5.32. The summed E-state index contributed by atoms with van der Waals surface area (Å²) in [5.41, 5.74) is 0.848. The summed E-state index contributed by atoms with van der Waals surface area (Å²) in [6.45, 7) is 7.29. The molecule has 0 saturated carbocycles. The van der Waals surface area contributed by atoms with Gasteiger partial charge in [-0.15, -0.1) is 0 Å². The Morgan fingerprint density at radius 3 is 2.48 bits per heavy atom. The number of anilines is 1. The number of phenols is 1. The van der Waals surface area contributed by atoms with Gasteiger partial charge in [0.05, 0.1) is 11.9 Å². The lowest BCUT2D eigenvalue weighted by atomic mass is 10.2. The van der Waals surface area contributed by atoms with Crippen LogP contribution in [-0.4, -0.2) is 38.5 Å². The molecule has 0 aromatic heterocycles. The van der Waals surface area contributed by atoms with E-state index in [2.05, 4.69) is 17.0 Å². The van der Waals surface area contributed by atoms with Crippen molar-refractivity contribution in [2.24, 2.45) is 0 Å². The molecule has 1 aromatic carbocycles. The van der Waals surface area contributed by atoms with Crippen LogP contribution in [0, 0.1) is 0 Å². The minimum absolute atomic E-state index is 0.143. The number of hydrogen-bond donors (Lipinski definition) is 3. The third-order valence-electron chi connectivity index (χ3n) is 3.82. The van der Waals surface area contributed by atoms with Gasteiger partial charge >= 0.3 is 0 Å². The molecule has 0 atom stereocenters. The lowest BCUT2D eigenvalue weighted by Gasteiger charge is -2.11. The van der Waals surface area contributed by atoms with Gasteiger partial charge in [0.2, 0.25) is 10.0 Å². The van der Waals surface area contributed by atoms with E-state index in [1.807, 2.05) is 6.07 Å². The highest BCUT2D eigenvalue weighted by Crippen LogP contribution is 2.29. The van der Waals surface area contributed by atoms with Gasteiger partial charge in [-0.2, -0.15) is 0 Å². The van der Waals surface area contributed by atoms with Crippen LogP contribution in [0.3, 0.4) is 0 Å². The Morgan fingerprint density at radius 2 is 1.84 bits per heavy atom. The van der Waals surface area contributed by atoms with E-state index in [1.54, 1.807) is 26.0 Å². The summed E-state index contributed by atoms with van der Waals surface area (Å²) in [4.78, 5) is 0. The summed E-state index contributed by atoms with van der Waals surface area (Å²) in [5, 5.41) is 12.8. The molecule has 0 spiro atoms. The fourth-order valence-electron chi connectivity index (χ4n) is 2.12. The fraction of sp³-hybridized carbons (Fsp3) is 0.667. The number of rotatable bonds is 13. The Labute approximate surface area is 152 Å². The number of ether oxygens (including phenoxy) is 1. The first-order chi connectivity index (χ1) is 11.9. The molecule has 6 nitrogen and oxygen atoms in total. The van der Waals surface area contributed by atoms with E-state index >= 15 is 0 Å². The van der Waals surface area contributed by atoms with Crippen LogP contribution in [0.1, 0.15) is 52.9 Å². The molecule has 0 radical (unpaired) electrons. The topological polar surface area (TPSA) is 87.7 Å². The maximum Gasteiger partial charge on any atom is 0.213 e. The van der Waals surface area contributed by atoms with Gasteiger partial charge in [-0.3, -0.25) is 0 Å². The molecule has 144 valence electrons. The van der Waals surface area contributed by atoms with Crippen LogP contribution < -0.4 is 14.8 Å². The molecule has 1 rings (SSSR count). The highest BCUT2D eigenvalue weighted by molar-refractivity contribution is 7.90. The van der Waals surface area contributed by atoms with Gasteiger partial charge in [0.25, 0.3) is 0 Å². The van der Waals surface area contributed by atoms with E-state index in [-0.39, 0.29) is 5.75 Å². The van der Waals surface area contributed by atoms with E-state index in [0.29, 0.717) is 18.9 Å². The second-order valence-electron chi connectivity index (χ2n) is 6.36. The Bertz CT molecular complexity index is 603. The predicted octanol–water partition coefficient (Wildman–Crippen LogP) is 3.48. The molecule has 0 heterocycles. The van der Waals surface area contributed by atoms with Crippen molar-refractivity contribution in [1.29, 1.82) is 0 Å². The molecule has 0 bridgehead atoms. The van der Waals surface area contributed by atoms with Gasteiger partial charge in [-0.1, -0.05) is 19.8 Å². The first-order valence-electron chi connectivity index (χ1n) is 9.05. The molecule has 0 unspecified atom stereocenters. The number of sulfonamides is 1. The molecule has 0 amide bonds. The number of nitrogens with one attached hydrogen (secondary N) is 2. The second-order valence-corrected chi connectivity index (χ2v) is 8.68. The van der Waals surface area contributed by atoms with Crippen LogP contribution in [0.4, 0.5) is 5.69 Å². The molecule has 0 aliphatic rings. The maximum atomic E-state index is 11.6. The van der Waals surface area contributed by atoms with Crippen LogP contribution in [0.25, 0.3) is 0 Å². The van der Waals surface area contributed by atoms with Crippen LogP contribution >= 0.6 is 0 Å². The summed E-state index contributed by atoms with van der Waals surface area (Å²) in [6.07, 6.45) is 4.69. The minimum Gasteiger partial charge on any atom is -0.504 e. The third-order valence-corrected chi connectivity index (χ3v) is 5.67. The molecule has 0 aliphatic carbocycles. The molecular weight excluding hydrogens is 340 g/mol. The van der Waals surface area contributed by atoms with Crippen molar-refractivity contribution in [2.45, 2.75) is 58.1 Å². The van der Waals surface area contributed by atoms with Gasteiger partial charge in [-0.25, -0.2) is 13.1 Å². The van der Waals surface area contributed by atoms with E-state index in [0.717, 1.165) is 44.3 Å². The highest BCUT2D eigenvalue weighted by atomic mass is 32.2. The van der Waals surface area contributed by atoms with Crippen LogP contribution in [-0.2, 0) is 10.0 Å². The summed E-state index contributed by atoms with van der Waals surface area (Å²) < 4.78 is 31.3. The van der Waals surface area contributed by atoms with E-state index in [9.17, 15) is 13.5 Å². The van der Waals surface area contributed by atoms with Crippen LogP contribution in [0.5, 0.6) is 11.5 Å². The first kappa shape index (κ1) is 21.6. The molecule has 0 aliphatic heterocycles. The van der Waals surface area contributed by atoms with Crippen molar-refractivity contribution >= 4 is 15.7 Å². The molecule has 0 fully saturated rings.